The lowest BCUT2D eigenvalue weighted by Crippen LogP contribution is -2.41. The molecule has 0 aliphatic carbocycles. The van der Waals surface area contributed by atoms with Gasteiger partial charge in [-0.05, 0) is 12.8 Å². The van der Waals surface area contributed by atoms with E-state index in [1.54, 1.807) is 7.05 Å². The molecule has 5 nitrogen and oxygen atoms in total. The number of carbonyl (C=O) groups is 1. The average Bonchev–Trinajstić information content (AvgIpc) is 1.92. The monoisotopic (exact) mass is 193 g/mol. The van der Waals surface area contributed by atoms with Crippen molar-refractivity contribution in [3.05, 3.63) is 0 Å². The van der Waals surface area contributed by atoms with E-state index in [1.807, 2.05) is 0 Å². The van der Waals surface area contributed by atoms with Crippen molar-refractivity contribution in [3.8, 4) is 0 Å². The van der Waals surface area contributed by atoms with Crippen LogP contribution in [-0.2, 0) is 9.36 Å². The summed E-state index contributed by atoms with van der Waals surface area (Å²) < 4.78 is 10.8. The Hall–Kier alpha value is -0.380. The van der Waals surface area contributed by atoms with Gasteiger partial charge in [-0.1, -0.05) is 0 Å². The lowest BCUT2D eigenvalue weighted by molar-refractivity contribution is -0.131. The Kier molecular flexibility index (Phi) is 2.56. The van der Waals surface area contributed by atoms with E-state index >= 15 is 0 Å². The van der Waals surface area contributed by atoms with Crippen LogP contribution in [0.25, 0.3) is 0 Å². The molecule has 1 aliphatic heterocycles. The van der Waals surface area contributed by atoms with Crippen LogP contribution in [0.15, 0.2) is 0 Å². The van der Waals surface area contributed by atoms with E-state index in [-0.39, 0.29) is 0 Å². The zero-order valence-corrected chi connectivity index (χ0v) is 7.70. The molecule has 1 heterocycles. The first-order chi connectivity index (χ1) is 5.43. The molecular weight excluding hydrogens is 181 g/mol. The molecule has 0 saturated carbocycles. The molecular formula is C6H12NO4P. The van der Waals surface area contributed by atoms with Gasteiger partial charge in [0.15, 0.2) is 0 Å². The van der Waals surface area contributed by atoms with Crippen LogP contribution in [0.5, 0.6) is 0 Å². The molecule has 0 aromatic carbocycles. The van der Waals surface area contributed by atoms with Crippen LogP contribution in [0.2, 0.25) is 0 Å². The van der Waals surface area contributed by atoms with Crippen molar-refractivity contribution >= 4 is 13.5 Å². The van der Waals surface area contributed by atoms with E-state index in [0.717, 1.165) is 0 Å². The predicted octanol–water partition coefficient (Wildman–Crippen LogP) is -0.215. The number of carbonyl (C=O) groups excluding carboxylic acids is 1. The third-order valence-electron chi connectivity index (χ3n) is 2.04. The molecule has 1 saturated heterocycles. The van der Waals surface area contributed by atoms with Crippen molar-refractivity contribution in [1.82, 2.24) is 4.90 Å². The quantitative estimate of drug-likeness (QED) is 0.564. The van der Waals surface area contributed by atoms with Gasteiger partial charge in [0.25, 0.3) is 0 Å². The summed E-state index contributed by atoms with van der Waals surface area (Å²) in [6, 6.07) is 0. The van der Waals surface area contributed by atoms with Crippen LogP contribution in [0.4, 0.5) is 0 Å². The maximum absolute atomic E-state index is 11.2. The fraction of sp³-hybridized carbons (Fsp3) is 0.833. The topological polar surface area (TPSA) is 77.8 Å². The van der Waals surface area contributed by atoms with Crippen LogP contribution in [-0.4, -0.2) is 39.8 Å². The molecule has 0 aromatic rings. The average molecular weight is 193 g/mol. The summed E-state index contributed by atoms with van der Waals surface area (Å²) in [5.74, 6) is -0.436. The fourth-order valence-corrected chi connectivity index (χ4v) is 2.33. The second-order valence-electron chi connectivity index (χ2n) is 3.01. The van der Waals surface area contributed by atoms with Crippen molar-refractivity contribution in [2.24, 2.45) is 0 Å². The summed E-state index contributed by atoms with van der Waals surface area (Å²) in [7, 11) is -2.67. The van der Waals surface area contributed by atoms with Crippen LogP contribution < -0.4 is 0 Å². The predicted molar refractivity (Wildman–Crippen MR) is 42.7 cm³/mol. The number of hydrogen-bond donors (Lipinski definition) is 2. The van der Waals surface area contributed by atoms with Gasteiger partial charge in [0.05, 0.1) is 0 Å². The molecule has 0 bridgehead atoms. The van der Waals surface area contributed by atoms with Crippen molar-refractivity contribution < 1.29 is 19.1 Å². The van der Waals surface area contributed by atoms with Crippen LogP contribution in [0.1, 0.15) is 12.8 Å². The minimum absolute atomic E-state index is 0.299. The molecule has 6 heteroatoms. The van der Waals surface area contributed by atoms with Crippen LogP contribution in [0, 0.1) is 0 Å². The van der Waals surface area contributed by atoms with Gasteiger partial charge >= 0.3 is 7.60 Å². The Morgan fingerprint density at radius 1 is 1.58 bits per heavy atom. The van der Waals surface area contributed by atoms with Crippen molar-refractivity contribution in [1.29, 1.82) is 0 Å². The molecule has 0 spiro atoms. The van der Waals surface area contributed by atoms with Gasteiger partial charge in [-0.15, -0.1) is 0 Å². The summed E-state index contributed by atoms with van der Waals surface area (Å²) in [5, 5.41) is 0. The van der Waals surface area contributed by atoms with Gasteiger partial charge < -0.3 is 14.7 Å². The second kappa shape index (κ2) is 3.17. The van der Waals surface area contributed by atoms with Gasteiger partial charge in [0, 0.05) is 13.6 Å². The van der Waals surface area contributed by atoms with E-state index in [9.17, 15) is 9.36 Å². The van der Waals surface area contributed by atoms with E-state index in [2.05, 4.69) is 0 Å². The Morgan fingerprint density at radius 3 is 2.58 bits per heavy atom. The highest BCUT2D eigenvalue weighted by atomic mass is 31.2. The third kappa shape index (κ3) is 1.86. The summed E-state index contributed by atoms with van der Waals surface area (Å²) in [6.07, 6.45) is 0.964. The second-order valence-corrected chi connectivity index (χ2v) is 4.81. The molecule has 70 valence electrons. The molecule has 1 unspecified atom stereocenters. The van der Waals surface area contributed by atoms with Gasteiger partial charge in [-0.3, -0.25) is 9.36 Å². The first-order valence-electron chi connectivity index (χ1n) is 3.73. The highest BCUT2D eigenvalue weighted by molar-refractivity contribution is 7.53. The van der Waals surface area contributed by atoms with Crippen molar-refractivity contribution in [3.63, 3.8) is 0 Å². The van der Waals surface area contributed by atoms with E-state index in [0.29, 0.717) is 19.4 Å². The minimum Gasteiger partial charge on any atom is -0.345 e. The van der Waals surface area contributed by atoms with E-state index in [4.69, 9.17) is 9.79 Å². The summed E-state index contributed by atoms with van der Waals surface area (Å²) >= 11 is 0. The molecule has 12 heavy (non-hydrogen) atoms. The van der Waals surface area contributed by atoms with Gasteiger partial charge in [-0.2, -0.15) is 0 Å². The molecule has 0 aromatic heterocycles. The van der Waals surface area contributed by atoms with Crippen LogP contribution >= 0.6 is 7.60 Å². The smallest absolute Gasteiger partial charge is 0.337 e. The number of piperidine rings is 1. The Labute approximate surface area is 70.5 Å². The van der Waals surface area contributed by atoms with Gasteiger partial charge in [0.1, 0.15) is 5.66 Å². The number of amides is 1. The largest absolute Gasteiger partial charge is 0.345 e. The van der Waals surface area contributed by atoms with E-state index in [1.165, 1.54) is 4.90 Å². The first kappa shape index (κ1) is 9.71. The number of hydrogen-bond acceptors (Lipinski definition) is 2. The number of likely N-dealkylation sites (tertiary alicyclic amines) is 1. The van der Waals surface area contributed by atoms with Crippen molar-refractivity contribution in [2.45, 2.75) is 18.5 Å². The lowest BCUT2D eigenvalue weighted by Gasteiger charge is -2.29. The summed E-state index contributed by atoms with van der Waals surface area (Å²) in [4.78, 5) is 30.2. The Bertz CT molecular complexity index is 236. The Balaban J connectivity index is 2.78. The molecule has 1 amide bonds. The lowest BCUT2D eigenvalue weighted by atomic mass is 10.1. The molecule has 0 radical (unpaired) electrons. The summed E-state index contributed by atoms with van der Waals surface area (Å²) in [5.41, 5.74) is -1.10. The highest BCUT2D eigenvalue weighted by Crippen LogP contribution is 2.45. The van der Waals surface area contributed by atoms with Gasteiger partial charge in [0.2, 0.25) is 5.91 Å². The van der Waals surface area contributed by atoms with E-state index < -0.39 is 19.2 Å². The van der Waals surface area contributed by atoms with Crippen LogP contribution in [0.3, 0.4) is 0 Å². The minimum atomic E-state index is -4.23. The zero-order valence-electron chi connectivity index (χ0n) is 6.80. The third-order valence-corrected chi connectivity index (χ3v) is 3.33. The molecule has 1 atom stereocenters. The first-order valence-corrected chi connectivity index (χ1v) is 5.41. The maximum Gasteiger partial charge on any atom is 0.337 e. The maximum atomic E-state index is 11.2. The number of rotatable bonds is 1. The molecule has 1 rings (SSSR count). The zero-order chi connectivity index (χ0) is 9.35. The van der Waals surface area contributed by atoms with Crippen molar-refractivity contribution in [2.75, 3.05) is 13.6 Å². The number of nitrogens with zero attached hydrogens (tertiary/aromatic N) is 1. The molecule has 2 N–H and O–H groups in total. The van der Waals surface area contributed by atoms with Gasteiger partial charge in [-0.25, -0.2) is 0 Å². The summed E-state index contributed by atoms with van der Waals surface area (Å²) in [6.45, 7) is 0.593. The Morgan fingerprint density at radius 2 is 2.17 bits per heavy atom. The normalized spacial score (nSPS) is 26.1. The standard InChI is InChI=1S/C6H12NO4P/c1-7-4-2-3-5(6(7)8)12(9,10)11/h5H,2-4H2,1H3,(H2,9,10,11). The molecule has 1 aliphatic rings. The SMILES string of the molecule is CN1CCCC(P(=O)(O)O)C1=O. The highest BCUT2D eigenvalue weighted by Gasteiger charge is 2.39. The fourth-order valence-electron chi connectivity index (χ4n) is 1.32. The molecule has 1 fully saturated rings.